The number of nitrogens with zero attached hydrogens (tertiary/aromatic N) is 1. The van der Waals surface area contributed by atoms with Crippen molar-refractivity contribution >= 4 is 23.5 Å². The molecule has 0 radical (unpaired) electrons. The van der Waals surface area contributed by atoms with Crippen LogP contribution in [0.15, 0.2) is 17.2 Å². The van der Waals surface area contributed by atoms with Crippen molar-refractivity contribution < 1.29 is 14.2 Å². The van der Waals surface area contributed by atoms with Gasteiger partial charge in [-0.05, 0) is 68.5 Å². The SMILES string of the molecule is COc1cc(OC)c(/C=N\NC(=S)NC23CC4CC(CC(C4)C2)C3)c(OC)c1. The summed E-state index contributed by atoms with van der Waals surface area (Å²) in [4.78, 5) is 0. The van der Waals surface area contributed by atoms with E-state index < -0.39 is 0 Å². The molecule has 1 aromatic rings. The number of hydrazone groups is 1. The number of rotatable bonds is 6. The summed E-state index contributed by atoms with van der Waals surface area (Å²) in [6.07, 6.45) is 9.63. The van der Waals surface area contributed by atoms with Crippen LogP contribution < -0.4 is 25.0 Å². The number of hydrogen-bond donors (Lipinski definition) is 2. The number of ether oxygens (including phenoxy) is 3. The Morgan fingerprint density at radius 2 is 1.54 bits per heavy atom. The lowest BCUT2D eigenvalue weighted by Crippen LogP contribution is -2.61. The molecule has 0 atom stereocenters. The summed E-state index contributed by atoms with van der Waals surface area (Å²) >= 11 is 5.55. The Hall–Kier alpha value is -2.02. The van der Waals surface area contributed by atoms with Crippen LogP contribution in [0.3, 0.4) is 0 Å². The van der Waals surface area contributed by atoms with E-state index >= 15 is 0 Å². The summed E-state index contributed by atoms with van der Waals surface area (Å²) in [5.74, 6) is 4.54. The Balaban J connectivity index is 1.42. The number of methoxy groups -OCH3 is 3. The fourth-order valence-electron chi connectivity index (χ4n) is 5.85. The van der Waals surface area contributed by atoms with Gasteiger partial charge in [0.2, 0.25) is 0 Å². The average Bonchev–Trinajstić information content (AvgIpc) is 2.66. The molecule has 0 aromatic heterocycles. The Morgan fingerprint density at radius 1 is 1.00 bits per heavy atom. The summed E-state index contributed by atoms with van der Waals surface area (Å²) in [5, 5.41) is 8.53. The topological polar surface area (TPSA) is 64.1 Å². The van der Waals surface area contributed by atoms with Crippen LogP contribution in [0.1, 0.15) is 44.1 Å². The largest absolute Gasteiger partial charge is 0.496 e. The van der Waals surface area contributed by atoms with Crippen LogP contribution in [0.4, 0.5) is 0 Å². The van der Waals surface area contributed by atoms with Gasteiger partial charge < -0.3 is 19.5 Å². The maximum absolute atomic E-state index is 5.55. The summed E-state index contributed by atoms with van der Waals surface area (Å²) in [6, 6.07) is 3.60. The zero-order valence-corrected chi connectivity index (χ0v) is 17.6. The highest BCUT2D eigenvalue weighted by Crippen LogP contribution is 2.55. The predicted octanol–water partition coefficient (Wildman–Crippen LogP) is 3.48. The van der Waals surface area contributed by atoms with E-state index in [9.17, 15) is 0 Å². The van der Waals surface area contributed by atoms with Crippen molar-refractivity contribution in [3.05, 3.63) is 17.7 Å². The van der Waals surface area contributed by atoms with Crippen LogP contribution in [-0.2, 0) is 0 Å². The van der Waals surface area contributed by atoms with Gasteiger partial charge in [-0.1, -0.05) is 0 Å². The molecule has 1 aromatic carbocycles. The molecule has 2 N–H and O–H groups in total. The lowest BCUT2D eigenvalue weighted by molar-refractivity contribution is -0.0101. The highest BCUT2D eigenvalue weighted by atomic mass is 32.1. The van der Waals surface area contributed by atoms with Crippen LogP contribution in [0.2, 0.25) is 0 Å². The van der Waals surface area contributed by atoms with E-state index in [4.69, 9.17) is 26.4 Å². The lowest BCUT2D eigenvalue weighted by atomic mass is 9.53. The van der Waals surface area contributed by atoms with E-state index in [0.717, 1.165) is 23.3 Å². The molecule has 4 bridgehead atoms. The second kappa shape index (κ2) is 7.78. The predicted molar refractivity (Wildman–Crippen MR) is 113 cm³/mol. The average molecular weight is 404 g/mol. The fraction of sp³-hybridized carbons (Fsp3) is 0.619. The Morgan fingerprint density at radius 3 is 2.00 bits per heavy atom. The molecule has 0 saturated heterocycles. The highest BCUT2D eigenvalue weighted by molar-refractivity contribution is 7.80. The minimum atomic E-state index is 0.170. The van der Waals surface area contributed by atoms with Gasteiger partial charge >= 0.3 is 0 Å². The first-order valence-corrected chi connectivity index (χ1v) is 10.4. The summed E-state index contributed by atoms with van der Waals surface area (Å²) < 4.78 is 16.2. The third kappa shape index (κ3) is 3.77. The zero-order valence-electron chi connectivity index (χ0n) is 16.8. The van der Waals surface area contributed by atoms with E-state index in [1.807, 2.05) is 0 Å². The van der Waals surface area contributed by atoms with Crippen molar-refractivity contribution in [1.82, 2.24) is 10.7 Å². The van der Waals surface area contributed by atoms with Crippen molar-refractivity contribution in [2.75, 3.05) is 21.3 Å². The second-order valence-corrected chi connectivity index (χ2v) is 8.88. The van der Waals surface area contributed by atoms with Gasteiger partial charge in [-0.25, -0.2) is 0 Å². The van der Waals surface area contributed by atoms with Crippen molar-refractivity contribution in [2.45, 2.75) is 44.1 Å². The standard InChI is InChI=1S/C21H29N3O3S/c1-25-16-7-18(26-2)17(19(8-16)27-3)12-22-24-20(28)23-21-9-13-4-14(10-21)6-15(5-13)11-21/h7-8,12-15H,4-6,9-11H2,1-3H3,(H2,23,24,28)/b22-12-. The van der Waals surface area contributed by atoms with Crippen LogP contribution in [0.5, 0.6) is 17.2 Å². The first-order valence-electron chi connectivity index (χ1n) is 9.95. The molecule has 6 nitrogen and oxygen atoms in total. The van der Waals surface area contributed by atoms with Crippen LogP contribution in [0, 0.1) is 17.8 Å². The third-order valence-electron chi connectivity index (χ3n) is 6.53. The fourth-order valence-corrected chi connectivity index (χ4v) is 6.12. The van der Waals surface area contributed by atoms with E-state index in [2.05, 4.69) is 15.8 Å². The molecule has 4 aliphatic rings. The molecule has 0 amide bonds. The quantitative estimate of drug-likeness (QED) is 0.431. The first-order chi connectivity index (χ1) is 13.5. The number of hydrogen-bond acceptors (Lipinski definition) is 5. The number of thiocarbonyl (C=S) groups is 1. The minimum absolute atomic E-state index is 0.170. The van der Waals surface area contributed by atoms with Gasteiger partial charge in [0.15, 0.2) is 5.11 Å². The van der Waals surface area contributed by atoms with Gasteiger partial charge in [0.05, 0.1) is 33.1 Å². The third-order valence-corrected chi connectivity index (χ3v) is 6.72. The minimum Gasteiger partial charge on any atom is -0.496 e. The van der Waals surface area contributed by atoms with E-state index in [0.29, 0.717) is 22.4 Å². The molecule has 5 rings (SSSR count). The second-order valence-electron chi connectivity index (χ2n) is 8.47. The molecule has 0 heterocycles. The van der Waals surface area contributed by atoms with Crippen LogP contribution in [-0.4, -0.2) is 38.2 Å². The molecule has 4 saturated carbocycles. The van der Waals surface area contributed by atoms with Gasteiger partial charge in [0.1, 0.15) is 17.2 Å². The molecule has 0 spiro atoms. The van der Waals surface area contributed by atoms with E-state index in [1.54, 1.807) is 39.7 Å². The van der Waals surface area contributed by atoms with Gasteiger partial charge in [-0.2, -0.15) is 5.10 Å². The Bertz CT molecular complexity index is 720. The monoisotopic (exact) mass is 403 g/mol. The van der Waals surface area contributed by atoms with Crippen LogP contribution in [0.25, 0.3) is 0 Å². The number of nitrogens with one attached hydrogen (secondary N) is 2. The summed E-state index contributed by atoms with van der Waals surface area (Å²) in [5.41, 5.74) is 3.89. The normalized spacial score (nSPS) is 30.3. The lowest BCUT2D eigenvalue weighted by Gasteiger charge is -2.57. The van der Waals surface area contributed by atoms with Crippen LogP contribution >= 0.6 is 12.2 Å². The van der Waals surface area contributed by atoms with E-state index in [-0.39, 0.29) is 5.54 Å². The van der Waals surface area contributed by atoms with Gasteiger partial charge in [0, 0.05) is 17.7 Å². The first kappa shape index (κ1) is 19.3. The zero-order chi connectivity index (χ0) is 19.7. The number of benzene rings is 1. The molecule has 0 aliphatic heterocycles. The summed E-state index contributed by atoms with van der Waals surface area (Å²) in [7, 11) is 4.83. The molecule has 7 heteroatoms. The Kier molecular flexibility index (Phi) is 5.36. The van der Waals surface area contributed by atoms with Crippen molar-refractivity contribution in [1.29, 1.82) is 0 Å². The van der Waals surface area contributed by atoms with Crippen molar-refractivity contribution in [3.63, 3.8) is 0 Å². The summed E-state index contributed by atoms with van der Waals surface area (Å²) in [6.45, 7) is 0. The molecule has 4 fully saturated rings. The highest BCUT2D eigenvalue weighted by Gasteiger charge is 2.51. The molecular weight excluding hydrogens is 374 g/mol. The van der Waals surface area contributed by atoms with Gasteiger partial charge in [0.25, 0.3) is 0 Å². The molecule has 0 unspecified atom stereocenters. The van der Waals surface area contributed by atoms with Crippen molar-refractivity contribution in [3.8, 4) is 17.2 Å². The van der Waals surface area contributed by atoms with Gasteiger partial charge in [-0.3, -0.25) is 5.43 Å². The maximum Gasteiger partial charge on any atom is 0.187 e. The van der Waals surface area contributed by atoms with E-state index in [1.165, 1.54) is 38.5 Å². The smallest absolute Gasteiger partial charge is 0.187 e. The molecule has 4 aliphatic carbocycles. The molecule has 152 valence electrons. The molecule has 28 heavy (non-hydrogen) atoms. The maximum atomic E-state index is 5.55. The molecular formula is C21H29N3O3S. The Labute approximate surface area is 172 Å². The van der Waals surface area contributed by atoms with Crippen molar-refractivity contribution in [2.24, 2.45) is 22.9 Å². The van der Waals surface area contributed by atoms with Gasteiger partial charge in [-0.15, -0.1) is 0 Å².